The van der Waals surface area contributed by atoms with Gasteiger partial charge in [0.15, 0.2) is 0 Å². The van der Waals surface area contributed by atoms with Crippen LogP contribution in [-0.4, -0.2) is 35.5 Å². The minimum absolute atomic E-state index is 0.346. The number of hydrogen-bond donors (Lipinski definition) is 1. The number of aryl methyl sites for hydroxylation is 1. The molecule has 0 aliphatic carbocycles. The van der Waals surface area contributed by atoms with Gasteiger partial charge in [-0.1, -0.05) is 0 Å². The zero-order chi connectivity index (χ0) is 12.1. The van der Waals surface area contributed by atoms with E-state index < -0.39 is 12.4 Å². The van der Waals surface area contributed by atoms with Crippen molar-refractivity contribution in [2.24, 2.45) is 0 Å². The fourth-order valence-electron chi connectivity index (χ4n) is 1.32. The van der Waals surface area contributed by atoms with E-state index in [4.69, 9.17) is 5.11 Å². The standard InChI is InChI=1S/C11H15NO3S/c1-8-4-6-16-9(8)3-5-12(2)10(13)7-11(14)15/h4,6H,3,5,7H2,1-2H3,(H,14,15). The first kappa shape index (κ1) is 12.7. The van der Waals surface area contributed by atoms with Crippen molar-refractivity contribution < 1.29 is 14.7 Å². The van der Waals surface area contributed by atoms with Crippen LogP contribution < -0.4 is 0 Å². The van der Waals surface area contributed by atoms with Gasteiger partial charge in [0.05, 0.1) is 0 Å². The molecular formula is C11H15NO3S. The lowest BCUT2D eigenvalue weighted by Crippen LogP contribution is -2.30. The molecule has 5 heteroatoms. The number of carbonyl (C=O) groups excluding carboxylic acids is 1. The van der Waals surface area contributed by atoms with E-state index in [-0.39, 0.29) is 5.91 Å². The third kappa shape index (κ3) is 3.66. The normalized spacial score (nSPS) is 10.1. The number of carboxylic acids is 1. The van der Waals surface area contributed by atoms with Gasteiger partial charge in [-0.2, -0.15) is 0 Å². The van der Waals surface area contributed by atoms with Crippen LogP contribution in [0.25, 0.3) is 0 Å². The molecule has 88 valence electrons. The molecule has 1 heterocycles. The molecule has 1 rings (SSSR count). The maximum absolute atomic E-state index is 11.3. The summed E-state index contributed by atoms with van der Waals surface area (Å²) in [7, 11) is 1.63. The summed E-state index contributed by atoms with van der Waals surface area (Å²) < 4.78 is 0. The molecule has 4 nitrogen and oxygen atoms in total. The lowest BCUT2D eigenvalue weighted by Gasteiger charge is -2.15. The predicted octanol–water partition coefficient (Wildman–Crippen LogP) is 1.53. The van der Waals surface area contributed by atoms with Gasteiger partial charge in [0.2, 0.25) is 5.91 Å². The molecule has 16 heavy (non-hydrogen) atoms. The Hall–Kier alpha value is -1.36. The summed E-state index contributed by atoms with van der Waals surface area (Å²) >= 11 is 1.66. The topological polar surface area (TPSA) is 57.6 Å². The van der Waals surface area contributed by atoms with E-state index in [1.54, 1.807) is 18.4 Å². The zero-order valence-electron chi connectivity index (χ0n) is 9.40. The van der Waals surface area contributed by atoms with Crippen molar-refractivity contribution in [3.8, 4) is 0 Å². The molecule has 1 aromatic heterocycles. The fourth-order valence-corrected chi connectivity index (χ4v) is 2.22. The predicted molar refractivity (Wildman–Crippen MR) is 62.6 cm³/mol. The monoisotopic (exact) mass is 241 g/mol. The number of rotatable bonds is 5. The maximum Gasteiger partial charge on any atom is 0.312 e. The van der Waals surface area contributed by atoms with Gasteiger partial charge in [-0.3, -0.25) is 9.59 Å². The Kier molecular flexibility index (Phi) is 4.49. The summed E-state index contributed by atoms with van der Waals surface area (Å²) in [5.74, 6) is -1.43. The van der Waals surface area contributed by atoms with Gasteiger partial charge >= 0.3 is 5.97 Å². The number of nitrogens with zero attached hydrogens (tertiary/aromatic N) is 1. The van der Waals surface area contributed by atoms with Crippen LogP contribution in [0.1, 0.15) is 16.9 Å². The smallest absolute Gasteiger partial charge is 0.312 e. The van der Waals surface area contributed by atoms with E-state index in [1.165, 1.54) is 15.3 Å². The first-order valence-electron chi connectivity index (χ1n) is 4.99. The van der Waals surface area contributed by atoms with Gasteiger partial charge in [0, 0.05) is 18.5 Å². The molecule has 1 aromatic rings. The first-order valence-corrected chi connectivity index (χ1v) is 5.87. The maximum atomic E-state index is 11.3. The Balaban J connectivity index is 2.41. The molecule has 0 atom stereocenters. The lowest BCUT2D eigenvalue weighted by atomic mass is 10.2. The van der Waals surface area contributed by atoms with Crippen LogP contribution in [0, 0.1) is 6.92 Å². The molecule has 0 spiro atoms. The number of aliphatic carboxylic acids is 1. The molecule has 1 amide bonds. The fraction of sp³-hybridized carbons (Fsp3) is 0.455. The summed E-state index contributed by atoms with van der Waals surface area (Å²) in [5, 5.41) is 10.5. The Morgan fingerprint density at radius 1 is 1.50 bits per heavy atom. The molecule has 0 bridgehead atoms. The number of amides is 1. The quantitative estimate of drug-likeness (QED) is 0.795. The lowest BCUT2D eigenvalue weighted by molar-refractivity contribution is -0.143. The molecular weight excluding hydrogens is 226 g/mol. The Morgan fingerprint density at radius 3 is 2.69 bits per heavy atom. The molecule has 0 aliphatic heterocycles. The summed E-state index contributed by atoms with van der Waals surface area (Å²) in [6.07, 6.45) is 0.352. The third-order valence-corrected chi connectivity index (χ3v) is 3.45. The van der Waals surface area contributed by atoms with Crippen LogP contribution in [0.5, 0.6) is 0 Å². The number of carbonyl (C=O) groups is 2. The minimum Gasteiger partial charge on any atom is -0.481 e. The Labute approximate surface area is 98.5 Å². The van der Waals surface area contributed by atoms with E-state index >= 15 is 0 Å². The van der Waals surface area contributed by atoms with Crippen molar-refractivity contribution in [2.75, 3.05) is 13.6 Å². The molecule has 1 N–H and O–H groups in total. The van der Waals surface area contributed by atoms with Gasteiger partial charge < -0.3 is 10.0 Å². The Bertz CT molecular complexity index is 386. The molecule has 0 fully saturated rings. The highest BCUT2D eigenvalue weighted by molar-refractivity contribution is 7.10. The molecule has 0 saturated heterocycles. The van der Waals surface area contributed by atoms with E-state index in [0.717, 1.165) is 6.42 Å². The summed E-state index contributed by atoms with van der Waals surface area (Å²) in [6, 6.07) is 2.04. The molecule has 0 aromatic carbocycles. The number of hydrogen-bond acceptors (Lipinski definition) is 3. The van der Waals surface area contributed by atoms with Crippen LogP contribution in [0.3, 0.4) is 0 Å². The summed E-state index contributed by atoms with van der Waals surface area (Å²) in [4.78, 5) is 24.4. The second kappa shape index (κ2) is 5.65. The van der Waals surface area contributed by atoms with Crippen LogP contribution in [0.4, 0.5) is 0 Å². The average Bonchev–Trinajstić information content (AvgIpc) is 2.59. The van der Waals surface area contributed by atoms with Crippen LogP contribution in [0.15, 0.2) is 11.4 Å². The summed E-state index contributed by atoms with van der Waals surface area (Å²) in [5.41, 5.74) is 1.23. The second-order valence-corrected chi connectivity index (χ2v) is 4.66. The molecule has 0 aliphatic rings. The van der Waals surface area contributed by atoms with Crippen molar-refractivity contribution in [3.63, 3.8) is 0 Å². The first-order chi connectivity index (χ1) is 7.50. The van der Waals surface area contributed by atoms with Crippen LogP contribution >= 0.6 is 11.3 Å². The summed E-state index contributed by atoms with van der Waals surface area (Å²) in [6.45, 7) is 2.60. The second-order valence-electron chi connectivity index (χ2n) is 3.66. The molecule has 0 saturated carbocycles. The van der Waals surface area contributed by atoms with Crippen molar-refractivity contribution in [1.29, 1.82) is 0 Å². The number of likely N-dealkylation sites (N-methyl/N-ethyl adjacent to an activating group) is 1. The van der Waals surface area contributed by atoms with Gasteiger partial charge in [0.1, 0.15) is 6.42 Å². The van der Waals surface area contributed by atoms with Crippen molar-refractivity contribution in [2.45, 2.75) is 19.8 Å². The van der Waals surface area contributed by atoms with Gasteiger partial charge in [0.25, 0.3) is 0 Å². The van der Waals surface area contributed by atoms with Gasteiger partial charge in [-0.25, -0.2) is 0 Å². The third-order valence-electron chi connectivity index (χ3n) is 2.37. The van der Waals surface area contributed by atoms with Gasteiger partial charge in [-0.05, 0) is 30.4 Å². The Morgan fingerprint density at radius 2 is 2.19 bits per heavy atom. The van der Waals surface area contributed by atoms with Crippen molar-refractivity contribution >= 4 is 23.2 Å². The zero-order valence-corrected chi connectivity index (χ0v) is 10.2. The van der Waals surface area contributed by atoms with Gasteiger partial charge in [-0.15, -0.1) is 11.3 Å². The molecule has 0 radical (unpaired) electrons. The molecule has 0 unspecified atom stereocenters. The van der Waals surface area contributed by atoms with Crippen LogP contribution in [0.2, 0.25) is 0 Å². The van der Waals surface area contributed by atoms with Crippen LogP contribution in [-0.2, 0) is 16.0 Å². The number of carboxylic acid groups (broad SMARTS) is 1. The highest BCUT2D eigenvalue weighted by Gasteiger charge is 2.13. The highest BCUT2D eigenvalue weighted by Crippen LogP contribution is 2.16. The van der Waals surface area contributed by atoms with Crippen molar-refractivity contribution in [1.82, 2.24) is 4.90 Å². The average molecular weight is 241 g/mol. The van der Waals surface area contributed by atoms with E-state index in [1.807, 2.05) is 18.4 Å². The van der Waals surface area contributed by atoms with Crippen molar-refractivity contribution in [3.05, 3.63) is 21.9 Å². The van der Waals surface area contributed by atoms with E-state index in [9.17, 15) is 9.59 Å². The SMILES string of the molecule is Cc1ccsc1CCN(C)C(=O)CC(=O)O. The largest absolute Gasteiger partial charge is 0.481 e. The highest BCUT2D eigenvalue weighted by atomic mass is 32.1. The van der Waals surface area contributed by atoms with E-state index in [0.29, 0.717) is 6.54 Å². The number of thiophene rings is 1. The minimum atomic E-state index is -1.08. The van der Waals surface area contributed by atoms with E-state index in [2.05, 4.69) is 0 Å².